The number of aliphatic hydroxyl groups excluding tert-OH is 1. The quantitative estimate of drug-likeness (QED) is 0.824. The molecule has 0 amide bonds. The van der Waals surface area contributed by atoms with Gasteiger partial charge in [0.25, 0.3) is 0 Å². The third-order valence-corrected chi connectivity index (χ3v) is 3.91. The van der Waals surface area contributed by atoms with Gasteiger partial charge in [-0.05, 0) is 18.1 Å². The van der Waals surface area contributed by atoms with Crippen LogP contribution in [0, 0.1) is 0 Å². The third kappa shape index (κ3) is 2.54. The summed E-state index contributed by atoms with van der Waals surface area (Å²) in [6.45, 7) is 3.14. The van der Waals surface area contributed by atoms with Crippen LogP contribution in [0.3, 0.4) is 0 Å². The van der Waals surface area contributed by atoms with Gasteiger partial charge in [0.05, 0.1) is 6.61 Å². The number of thioether (sulfide) groups is 1. The van der Waals surface area contributed by atoms with E-state index in [1.165, 1.54) is 10.5 Å². The van der Waals surface area contributed by atoms with Gasteiger partial charge in [-0.15, -0.1) is 11.8 Å². The van der Waals surface area contributed by atoms with E-state index >= 15 is 0 Å². The van der Waals surface area contributed by atoms with E-state index in [1.54, 1.807) is 0 Å². The van der Waals surface area contributed by atoms with Gasteiger partial charge >= 0.3 is 0 Å². The van der Waals surface area contributed by atoms with Crippen molar-refractivity contribution in [1.29, 1.82) is 0 Å². The minimum atomic E-state index is 0.209. The third-order valence-electron chi connectivity index (χ3n) is 2.69. The van der Waals surface area contributed by atoms with Gasteiger partial charge in [0, 0.05) is 22.7 Å². The summed E-state index contributed by atoms with van der Waals surface area (Å²) in [6, 6.07) is 8.95. The van der Waals surface area contributed by atoms with E-state index in [4.69, 9.17) is 5.11 Å². The molecule has 2 atom stereocenters. The molecular weight excluding hydrogens is 206 g/mol. The zero-order chi connectivity index (χ0) is 10.7. The van der Waals surface area contributed by atoms with Crippen molar-refractivity contribution >= 4 is 11.8 Å². The van der Waals surface area contributed by atoms with Crippen LogP contribution in [0.2, 0.25) is 0 Å². The number of fused-ring (bicyclic) bond motifs is 1. The number of hydrogen-bond acceptors (Lipinski definition) is 3. The van der Waals surface area contributed by atoms with Crippen LogP contribution in [-0.2, 0) is 0 Å². The number of hydrogen-bond donors (Lipinski definition) is 2. The Balaban J connectivity index is 2.18. The lowest BCUT2D eigenvalue weighted by Gasteiger charge is -2.29. The summed E-state index contributed by atoms with van der Waals surface area (Å²) in [6.07, 6.45) is 1.14. The van der Waals surface area contributed by atoms with Crippen LogP contribution in [0.15, 0.2) is 29.2 Å². The fraction of sp³-hybridized carbons (Fsp3) is 0.500. The molecule has 2 nitrogen and oxygen atoms in total. The molecule has 1 heterocycles. The van der Waals surface area contributed by atoms with Crippen molar-refractivity contribution in [1.82, 2.24) is 5.32 Å². The van der Waals surface area contributed by atoms with E-state index in [0.29, 0.717) is 17.8 Å². The summed E-state index contributed by atoms with van der Waals surface area (Å²) in [4.78, 5) is 1.38. The number of benzene rings is 1. The Morgan fingerprint density at radius 3 is 3.07 bits per heavy atom. The predicted molar refractivity (Wildman–Crippen MR) is 64.2 cm³/mol. The maximum Gasteiger partial charge on any atom is 0.0556 e. The summed E-state index contributed by atoms with van der Waals surface area (Å²) in [7, 11) is 0. The van der Waals surface area contributed by atoms with Crippen molar-refractivity contribution in [3.05, 3.63) is 29.8 Å². The standard InChI is InChI=1S/C12H17NOS/c1-9-8-11(13-6-7-14)10-4-2-3-5-12(10)15-9/h2-5,9,11,13-14H,6-8H2,1H3. The second kappa shape index (κ2) is 5.01. The highest BCUT2D eigenvalue weighted by Gasteiger charge is 2.23. The van der Waals surface area contributed by atoms with Gasteiger partial charge in [-0.3, -0.25) is 0 Å². The Morgan fingerprint density at radius 1 is 1.47 bits per heavy atom. The fourth-order valence-electron chi connectivity index (χ4n) is 2.03. The first-order valence-electron chi connectivity index (χ1n) is 5.41. The second-order valence-electron chi connectivity index (χ2n) is 3.93. The Bertz CT molecular complexity index is 329. The Labute approximate surface area is 95.1 Å². The normalized spacial score (nSPS) is 24.9. The minimum Gasteiger partial charge on any atom is -0.395 e. The molecule has 1 aliphatic heterocycles. The topological polar surface area (TPSA) is 32.3 Å². The van der Waals surface area contributed by atoms with Gasteiger partial charge in [-0.25, -0.2) is 0 Å². The average molecular weight is 223 g/mol. The molecule has 0 radical (unpaired) electrons. The minimum absolute atomic E-state index is 0.209. The molecule has 1 aliphatic rings. The Morgan fingerprint density at radius 2 is 2.27 bits per heavy atom. The van der Waals surface area contributed by atoms with Crippen molar-refractivity contribution in [2.45, 2.75) is 29.5 Å². The summed E-state index contributed by atoms with van der Waals surface area (Å²) in [5.41, 5.74) is 1.38. The molecule has 1 aromatic rings. The van der Waals surface area contributed by atoms with Gasteiger partial charge in [0.15, 0.2) is 0 Å². The lowest BCUT2D eigenvalue weighted by atomic mass is 10.0. The lowest BCUT2D eigenvalue weighted by Crippen LogP contribution is -2.29. The maximum absolute atomic E-state index is 8.84. The van der Waals surface area contributed by atoms with Crippen LogP contribution in [-0.4, -0.2) is 23.5 Å². The molecule has 1 aromatic carbocycles. The molecule has 2 N–H and O–H groups in total. The molecule has 0 fully saturated rings. The zero-order valence-electron chi connectivity index (χ0n) is 8.94. The Hall–Kier alpha value is -0.510. The fourth-order valence-corrected chi connectivity index (χ4v) is 3.26. The molecule has 3 heteroatoms. The molecule has 0 saturated carbocycles. The van der Waals surface area contributed by atoms with Crippen LogP contribution < -0.4 is 5.32 Å². The van der Waals surface area contributed by atoms with Crippen molar-refractivity contribution in [3.63, 3.8) is 0 Å². The molecule has 2 rings (SSSR count). The molecule has 0 saturated heterocycles. The highest BCUT2D eigenvalue weighted by atomic mass is 32.2. The molecule has 0 aromatic heterocycles. The SMILES string of the molecule is CC1CC(NCCO)c2ccccc2S1. The van der Waals surface area contributed by atoms with E-state index in [1.807, 2.05) is 11.8 Å². The van der Waals surface area contributed by atoms with Crippen LogP contribution in [0.1, 0.15) is 24.9 Å². The maximum atomic E-state index is 8.84. The van der Waals surface area contributed by atoms with E-state index in [9.17, 15) is 0 Å². The Kier molecular flexibility index (Phi) is 3.67. The number of nitrogens with one attached hydrogen (secondary N) is 1. The van der Waals surface area contributed by atoms with Crippen LogP contribution in [0.5, 0.6) is 0 Å². The van der Waals surface area contributed by atoms with Crippen LogP contribution in [0.25, 0.3) is 0 Å². The second-order valence-corrected chi connectivity index (χ2v) is 5.41. The van der Waals surface area contributed by atoms with E-state index in [2.05, 4.69) is 36.5 Å². The molecule has 82 valence electrons. The number of rotatable bonds is 3. The van der Waals surface area contributed by atoms with Crippen molar-refractivity contribution in [2.75, 3.05) is 13.2 Å². The van der Waals surface area contributed by atoms with Crippen molar-refractivity contribution in [3.8, 4) is 0 Å². The first kappa shape index (κ1) is 11.0. The molecule has 0 aliphatic carbocycles. The molecule has 15 heavy (non-hydrogen) atoms. The van der Waals surface area contributed by atoms with E-state index < -0.39 is 0 Å². The zero-order valence-corrected chi connectivity index (χ0v) is 9.76. The molecule has 0 spiro atoms. The van der Waals surface area contributed by atoms with Crippen LogP contribution in [0.4, 0.5) is 0 Å². The van der Waals surface area contributed by atoms with Gasteiger partial charge in [-0.1, -0.05) is 25.1 Å². The smallest absolute Gasteiger partial charge is 0.0556 e. The highest BCUT2D eigenvalue weighted by Crippen LogP contribution is 2.40. The monoisotopic (exact) mass is 223 g/mol. The highest BCUT2D eigenvalue weighted by molar-refractivity contribution is 8.00. The van der Waals surface area contributed by atoms with Crippen molar-refractivity contribution in [2.24, 2.45) is 0 Å². The van der Waals surface area contributed by atoms with E-state index in [0.717, 1.165) is 6.42 Å². The van der Waals surface area contributed by atoms with Crippen molar-refractivity contribution < 1.29 is 5.11 Å². The molecule has 0 bridgehead atoms. The summed E-state index contributed by atoms with van der Waals surface area (Å²) < 4.78 is 0. The molecular formula is C12H17NOS. The number of aliphatic hydroxyl groups is 1. The van der Waals surface area contributed by atoms with Gasteiger partial charge in [0.1, 0.15) is 0 Å². The first-order chi connectivity index (χ1) is 7.31. The predicted octanol–water partition coefficient (Wildman–Crippen LogP) is 2.19. The van der Waals surface area contributed by atoms with Gasteiger partial charge in [-0.2, -0.15) is 0 Å². The van der Waals surface area contributed by atoms with Gasteiger partial charge < -0.3 is 10.4 Å². The molecule has 2 unspecified atom stereocenters. The first-order valence-corrected chi connectivity index (χ1v) is 6.29. The van der Waals surface area contributed by atoms with Crippen LogP contribution >= 0.6 is 11.8 Å². The summed E-state index contributed by atoms with van der Waals surface area (Å²) in [5.74, 6) is 0. The van der Waals surface area contributed by atoms with E-state index in [-0.39, 0.29) is 6.61 Å². The largest absolute Gasteiger partial charge is 0.395 e. The average Bonchev–Trinajstić information content (AvgIpc) is 2.25. The van der Waals surface area contributed by atoms with Gasteiger partial charge in [0.2, 0.25) is 0 Å². The lowest BCUT2D eigenvalue weighted by molar-refractivity contribution is 0.282. The summed E-state index contributed by atoms with van der Waals surface area (Å²) in [5, 5.41) is 12.9. The summed E-state index contributed by atoms with van der Waals surface area (Å²) >= 11 is 1.95.